The Hall–Kier alpha value is -0.850. The van der Waals surface area contributed by atoms with Crippen LogP contribution >= 0.6 is 0 Å². The summed E-state index contributed by atoms with van der Waals surface area (Å²) in [6, 6.07) is 2.39. The third-order valence-electron chi connectivity index (χ3n) is 5.07. The molecule has 0 amide bonds. The molecular formula is C23H42N+. The number of unbranched alkanes of at least 4 members (excludes halogenated alkanes) is 9. The topological polar surface area (TPSA) is 3.88 Å². The Morgan fingerprint density at radius 2 is 1.08 bits per heavy atom. The van der Waals surface area contributed by atoms with Crippen molar-refractivity contribution in [1.82, 2.24) is 0 Å². The van der Waals surface area contributed by atoms with Gasteiger partial charge in [-0.3, -0.25) is 0 Å². The molecule has 0 atom stereocenters. The van der Waals surface area contributed by atoms with Gasteiger partial charge in [0.25, 0.3) is 0 Å². The Bertz CT molecular complexity index is 407. The number of aromatic nitrogens is 1. The van der Waals surface area contributed by atoms with Crippen LogP contribution in [0.1, 0.15) is 122 Å². The Kier molecular flexibility index (Phi) is 11.0. The van der Waals surface area contributed by atoms with Crippen LogP contribution in [0.2, 0.25) is 0 Å². The van der Waals surface area contributed by atoms with Gasteiger partial charge < -0.3 is 0 Å². The Labute approximate surface area is 151 Å². The minimum Gasteiger partial charge on any atom is -0.205 e. The van der Waals surface area contributed by atoms with E-state index in [0.29, 0.717) is 11.8 Å². The predicted molar refractivity (Wildman–Crippen MR) is 107 cm³/mol. The van der Waals surface area contributed by atoms with Crippen LogP contribution in [-0.4, -0.2) is 0 Å². The van der Waals surface area contributed by atoms with Gasteiger partial charge in [0, 0.05) is 17.5 Å². The first-order valence-electron chi connectivity index (χ1n) is 10.6. The molecule has 138 valence electrons. The SMILES string of the molecule is CCCCCCCCCCCC[n+]1cc(C(C)C)cc(C(C)C)c1. The predicted octanol–water partition coefficient (Wildman–Crippen LogP) is 7.14. The highest BCUT2D eigenvalue weighted by atomic mass is 14.9. The van der Waals surface area contributed by atoms with E-state index >= 15 is 0 Å². The fourth-order valence-electron chi connectivity index (χ4n) is 3.23. The quantitative estimate of drug-likeness (QED) is 0.267. The van der Waals surface area contributed by atoms with E-state index in [1.807, 2.05) is 0 Å². The summed E-state index contributed by atoms with van der Waals surface area (Å²) in [5.74, 6) is 1.23. The van der Waals surface area contributed by atoms with E-state index in [1.165, 1.54) is 81.9 Å². The number of nitrogens with zero attached hydrogens (tertiary/aromatic N) is 1. The maximum Gasteiger partial charge on any atom is 0.172 e. The molecule has 0 N–H and O–H groups in total. The van der Waals surface area contributed by atoms with Crippen LogP contribution in [-0.2, 0) is 6.54 Å². The van der Waals surface area contributed by atoms with Crippen molar-refractivity contribution in [2.75, 3.05) is 0 Å². The molecule has 1 heteroatoms. The molecule has 0 bridgehead atoms. The third-order valence-corrected chi connectivity index (χ3v) is 5.07. The van der Waals surface area contributed by atoms with Crippen molar-refractivity contribution in [2.24, 2.45) is 0 Å². The van der Waals surface area contributed by atoms with Gasteiger partial charge in [-0.25, -0.2) is 4.57 Å². The molecule has 0 fully saturated rings. The van der Waals surface area contributed by atoms with E-state index in [2.05, 4.69) is 57.6 Å². The number of rotatable bonds is 13. The van der Waals surface area contributed by atoms with Crippen LogP contribution in [0.5, 0.6) is 0 Å². The maximum absolute atomic E-state index is 2.44. The van der Waals surface area contributed by atoms with E-state index < -0.39 is 0 Å². The summed E-state index contributed by atoms with van der Waals surface area (Å²) in [6.45, 7) is 12.7. The molecular weight excluding hydrogens is 290 g/mol. The lowest BCUT2D eigenvalue weighted by molar-refractivity contribution is -0.698. The van der Waals surface area contributed by atoms with Gasteiger partial charge in [-0.05, 0) is 24.3 Å². The van der Waals surface area contributed by atoms with Crippen LogP contribution in [0.3, 0.4) is 0 Å². The molecule has 24 heavy (non-hydrogen) atoms. The molecule has 1 aromatic rings. The van der Waals surface area contributed by atoms with Gasteiger partial charge in [0.05, 0.1) is 0 Å². The van der Waals surface area contributed by atoms with Gasteiger partial charge >= 0.3 is 0 Å². The molecule has 0 saturated carbocycles. The maximum atomic E-state index is 2.44. The summed E-state index contributed by atoms with van der Waals surface area (Å²) in [7, 11) is 0. The van der Waals surface area contributed by atoms with Crippen molar-refractivity contribution in [1.29, 1.82) is 0 Å². The second kappa shape index (κ2) is 12.5. The molecule has 1 rings (SSSR count). The minimum atomic E-state index is 0.614. The van der Waals surface area contributed by atoms with Gasteiger partial charge in [0.1, 0.15) is 6.54 Å². The van der Waals surface area contributed by atoms with Gasteiger partial charge in [-0.2, -0.15) is 0 Å². The van der Waals surface area contributed by atoms with Crippen molar-refractivity contribution in [2.45, 2.75) is 117 Å². The molecule has 0 aliphatic rings. The first-order valence-corrected chi connectivity index (χ1v) is 10.6. The monoisotopic (exact) mass is 332 g/mol. The molecule has 0 aromatic carbocycles. The second-order valence-corrected chi connectivity index (χ2v) is 8.13. The molecule has 0 radical (unpaired) electrons. The zero-order valence-corrected chi connectivity index (χ0v) is 17.1. The average molecular weight is 333 g/mol. The zero-order valence-electron chi connectivity index (χ0n) is 17.1. The highest BCUT2D eigenvalue weighted by Gasteiger charge is 2.12. The van der Waals surface area contributed by atoms with Crippen molar-refractivity contribution >= 4 is 0 Å². The largest absolute Gasteiger partial charge is 0.205 e. The summed E-state index contributed by atoms with van der Waals surface area (Å²) >= 11 is 0. The van der Waals surface area contributed by atoms with E-state index in [0.717, 1.165) is 0 Å². The Morgan fingerprint density at radius 1 is 0.667 bits per heavy atom. The highest BCUT2D eigenvalue weighted by molar-refractivity contribution is 5.20. The summed E-state index contributed by atoms with van der Waals surface area (Å²) in [4.78, 5) is 0. The van der Waals surface area contributed by atoms with Crippen LogP contribution < -0.4 is 4.57 Å². The first-order chi connectivity index (χ1) is 11.5. The zero-order chi connectivity index (χ0) is 17.8. The normalized spacial score (nSPS) is 11.6. The summed E-state index contributed by atoms with van der Waals surface area (Å²) in [5.41, 5.74) is 2.96. The highest BCUT2D eigenvalue weighted by Crippen LogP contribution is 2.19. The summed E-state index contributed by atoms with van der Waals surface area (Å²) < 4.78 is 2.44. The van der Waals surface area contributed by atoms with Crippen LogP contribution in [0.15, 0.2) is 18.5 Å². The van der Waals surface area contributed by atoms with Crippen LogP contribution in [0.4, 0.5) is 0 Å². The standard InChI is InChI=1S/C23H42N/c1-6-7-8-9-10-11-12-13-14-15-16-24-18-22(20(2)3)17-23(19-24)21(4)5/h17-21H,6-16H2,1-5H3/q+1. The van der Waals surface area contributed by atoms with Gasteiger partial charge in [0.15, 0.2) is 12.4 Å². The first kappa shape index (κ1) is 21.2. The lowest BCUT2D eigenvalue weighted by Crippen LogP contribution is -2.34. The number of pyridine rings is 1. The third kappa shape index (κ3) is 8.85. The Morgan fingerprint density at radius 3 is 1.50 bits per heavy atom. The van der Waals surface area contributed by atoms with E-state index in [4.69, 9.17) is 0 Å². The molecule has 0 saturated heterocycles. The summed E-state index contributed by atoms with van der Waals surface area (Å²) in [6.07, 6.45) is 18.8. The van der Waals surface area contributed by atoms with Gasteiger partial charge in [0.2, 0.25) is 0 Å². The molecule has 0 spiro atoms. The van der Waals surface area contributed by atoms with E-state index in [9.17, 15) is 0 Å². The fraction of sp³-hybridized carbons (Fsp3) is 0.783. The van der Waals surface area contributed by atoms with E-state index in [1.54, 1.807) is 0 Å². The molecule has 1 aromatic heterocycles. The smallest absolute Gasteiger partial charge is 0.172 e. The molecule has 1 heterocycles. The van der Waals surface area contributed by atoms with Crippen molar-refractivity contribution < 1.29 is 4.57 Å². The second-order valence-electron chi connectivity index (χ2n) is 8.13. The molecule has 0 aliphatic carbocycles. The Balaban J connectivity index is 2.25. The minimum absolute atomic E-state index is 0.614. The number of hydrogen-bond acceptors (Lipinski definition) is 0. The number of aryl methyl sites for hydroxylation is 1. The lowest BCUT2D eigenvalue weighted by atomic mass is 9.98. The van der Waals surface area contributed by atoms with Gasteiger partial charge in [-0.1, -0.05) is 86.0 Å². The van der Waals surface area contributed by atoms with Crippen molar-refractivity contribution in [3.8, 4) is 0 Å². The molecule has 1 nitrogen and oxygen atoms in total. The summed E-state index contributed by atoms with van der Waals surface area (Å²) in [5, 5.41) is 0. The average Bonchev–Trinajstić information content (AvgIpc) is 2.56. The molecule has 0 aliphatic heterocycles. The molecule has 0 unspecified atom stereocenters. The lowest BCUT2D eigenvalue weighted by Gasteiger charge is -2.10. The fourth-order valence-corrected chi connectivity index (χ4v) is 3.23. The van der Waals surface area contributed by atoms with E-state index in [-0.39, 0.29) is 0 Å². The van der Waals surface area contributed by atoms with Gasteiger partial charge in [-0.15, -0.1) is 0 Å². The van der Waals surface area contributed by atoms with Crippen molar-refractivity contribution in [3.63, 3.8) is 0 Å². The number of hydrogen-bond donors (Lipinski definition) is 0. The van der Waals surface area contributed by atoms with Crippen LogP contribution in [0.25, 0.3) is 0 Å². The van der Waals surface area contributed by atoms with Crippen LogP contribution in [0, 0.1) is 0 Å². The van der Waals surface area contributed by atoms with Crippen molar-refractivity contribution in [3.05, 3.63) is 29.6 Å².